The van der Waals surface area contributed by atoms with Gasteiger partial charge in [-0.05, 0) is 31.7 Å². The Labute approximate surface area is 84.5 Å². The SMILES string of the molecule is CC.CCC1CCCN1CC(C)C. The fraction of sp³-hybridized carbons (Fsp3) is 1.00. The van der Waals surface area contributed by atoms with Crippen LogP contribution in [-0.4, -0.2) is 24.0 Å². The van der Waals surface area contributed by atoms with E-state index in [4.69, 9.17) is 0 Å². The minimum Gasteiger partial charge on any atom is -0.300 e. The molecule has 0 bridgehead atoms. The Morgan fingerprint density at radius 2 is 1.92 bits per heavy atom. The van der Waals surface area contributed by atoms with Gasteiger partial charge in [0, 0.05) is 12.6 Å². The lowest BCUT2D eigenvalue weighted by atomic mass is 10.1. The Hall–Kier alpha value is -0.0400. The molecule has 1 atom stereocenters. The highest BCUT2D eigenvalue weighted by molar-refractivity contribution is 4.78. The number of hydrogen-bond donors (Lipinski definition) is 0. The summed E-state index contributed by atoms with van der Waals surface area (Å²) in [5.74, 6) is 0.835. The van der Waals surface area contributed by atoms with Crippen molar-refractivity contribution in [3.8, 4) is 0 Å². The topological polar surface area (TPSA) is 3.24 Å². The maximum atomic E-state index is 2.66. The van der Waals surface area contributed by atoms with Crippen molar-refractivity contribution in [2.24, 2.45) is 5.92 Å². The van der Waals surface area contributed by atoms with E-state index >= 15 is 0 Å². The average Bonchev–Trinajstić information content (AvgIpc) is 2.54. The fourth-order valence-electron chi connectivity index (χ4n) is 2.07. The van der Waals surface area contributed by atoms with Crippen LogP contribution in [0.5, 0.6) is 0 Å². The van der Waals surface area contributed by atoms with E-state index in [9.17, 15) is 0 Å². The predicted octanol–water partition coefficient (Wildman–Crippen LogP) is 3.54. The molecular weight excluding hydrogens is 158 g/mol. The van der Waals surface area contributed by atoms with E-state index < -0.39 is 0 Å². The molecular formula is C12H27N. The summed E-state index contributed by atoms with van der Waals surface area (Å²) in [5, 5.41) is 0. The molecule has 1 fully saturated rings. The second kappa shape index (κ2) is 7.37. The minimum atomic E-state index is 0.835. The molecule has 0 aromatic carbocycles. The van der Waals surface area contributed by atoms with Gasteiger partial charge < -0.3 is 4.90 Å². The van der Waals surface area contributed by atoms with Crippen molar-refractivity contribution in [2.45, 2.75) is 59.9 Å². The Morgan fingerprint density at radius 3 is 2.38 bits per heavy atom. The molecule has 1 nitrogen and oxygen atoms in total. The zero-order valence-electron chi connectivity index (χ0n) is 10.1. The van der Waals surface area contributed by atoms with Gasteiger partial charge in [-0.3, -0.25) is 0 Å². The highest BCUT2D eigenvalue weighted by Crippen LogP contribution is 2.20. The molecule has 0 radical (unpaired) electrons. The summed E-state index contributed by atoms with van der Waals surface area (Å²) in [5.41, 5.74) is 0. The van der Waals surface area contributed by atoms with Gasteiger partial charge in [-0.2, -0.15) is 0 Å². The van der Waals surface area contributed by atoms with E-state index in [1.807, 2.05) is 13.8 Å². The summed E-state index contributed by atoms with van der Waals surface area (Å²) in [7, 11) is 0. The second-order valence-electron chi connectivity index (χ2n) is 4.09. The van der Waals surface area contributed by atoms with Crippen molar-refractivity contribution in [3.63, 3.8) is 0 Å². The molecule has 13 heavy (non-hydrogen) atoms. The monoisotopic (exact) mass is 185 g/mol. The molecule has 0 aromatic rings. The summed E-state index contributed by atoms with van der Waals surface area (Å²) in [4.78, 5) is 2.66. The van der Waals surface area contributed by atoms with E-state index in [-0.39, 0.29) is 0 Å². The van der Waals surface area contributed by atoms with Gasteiger partial charge in [0.15, 0.2) is 0 Å². The zero-order valence-corrected chi connectivity index (χ0v) is 10.1. The maximum Gasteiger partial charge on any atom is 0.00932 e. The van der Waals surface area contributed by atoms with Crippen LogP contribution in [0.2, 0.25) is 0 Å². The Balaban J connectivity index is 0.000000671. The number of likely N-dealkylation sites (tertiary alicyclic amines) is 1. The number of rotatable bonds is 3. The third-order valence-electron chi connectivity index (χ3n) is 2.57. The van der Waals surface area contributed by atoms with Gasteiger partial charge in [-0.1, -0.05) is 34.6 Å². The Bertz CT molecular complexity index is 110. The van der Waals surface area contributed by atoms with Crippen molar-refractivity contribution in [1.29, 1.82) is 0 Å². The van der Waals surface area contributed by atoms with Crippen LogP contribution >= 0.6 is 0 Å². The van der Waals surface area contributed by atoms with Crippen molar-refractivity contribution in [3.05, 3.63) is 0 Å². The molecule has 1 aliphatic rings. The van der Waals surface area contributed by atoms with Crippen molar-refractivity contribution < 1.29 is 0 Å². The van der Waals surface area contributed by atoms with Crippen molar-refractivity contribution in [1.82, 2.24) is 4.90 Å². The summed E-state index contributed by atoms with van der Waals surface area (Å²) < 4.78 is 0. The fourth-order valence-corrected chi connectivity index (χ4v) is 2.07. The first-order valence-corrected chi connectivity index (χ1v) is 5.98. The number of nitrogens with zero attached hydrogens (tertiary/aromatic N) is 1. The third-order valence-corrected chi connectivity index (χ3v) is 2.57. The van der Waals surface area contributed by atoms with Crippen LogP contribution in [0, 0.1) is 5.92 Å². The van der Waals surface area contributed by atoms with Gasteiger partial charge in [0.2, 0.25) is 0 Å². The van der Waals surface area contributed by atoms with Gasteiger partial charge >= 0.3 is 0 Å². The van der Waals surface area contributed by atoms with E-state index in [1.165, 1.54) is 32.4 Å². The van der Waals surface area contributed by atoms with Gasteiger partial charge in [0.1, 0.15) is 0 Å². The quantitative estimate of drug-likeness (QED) is 0.650. The predicted molar refractivity (Wildman–Crippen MR) is 61.1 cm³/mol. The lowest BCUT2D eigenvalue weighted by Gasteiger charge is -2.24. The molecule has 0 aromatic heterocycles. The minimum absolute atomic E-state index is 0.835. The Morgan fingerprint density at radius 1 is 1.31 bits per heavy atom. The zero-order chi connectivity index (χ0) is 10.3. The molecule has 0 saturated carbocycles. The Kier molecular flexibility index (Phi) is 7.35. The smallest absolute Gasteiger partial charge is 0.00932 e. The first kappa shape index (κ1) is 13.0. The molecule has 1 heteroatoms. The molecule has 1 heterocycles. The molecule has 80 valence electrons. The van der Waals surface area contributed by atoms with Crippen LogP contribution in [0.3, 0.4) is 0 Å². The molecule has 0 aliphatic carbocycles. The van der Waals surface area contributed by atoms with Crippen LogP contribution in [0.4, 0.5) is 0 Å². The van der Waals surface area contributed by atoms with Crippen LogP contribution in [-0.2, 0) is 0 Å². The summed E-state index contributed by atoms with van der Waals surface area (Å²) in [6, 6.07) is 0.900. The third kappa shape index (κ3) is 4.66. The maximum absolute atomic E-state index is 2.66. The lowest BCUT2D eigenvalue weighted by molar-refractivity contribution is 0.222. The van der Waals surface area contributed by atoms with E-state index in [1.54, 1.807) is 0 Å². The lowest BCUT2D eigenvalue weighted by Crippen LogP contribution is -2.32. The molecule has 0 N–H and O–H groups in total. The molecule has 1 unspecified atom stereocenters. The molecule has 0 amide bonds. The highest BCUT2D eigenvalue weighted by Gasteiger charge is 2.22. The van der Waals surface area contributed by atoms with Gasteiger partial charge in [-0.25, -0.2) is 0 Å². The van der Waals surface area contributed by atoms with E-state index in [0.29, 0.717) is 0 Å². The average molecular weight is 185 g/mol. The van der Waals surface area contributed by atoms with Crippen LogP contribution in [0.1, 0.15) is 53.9 Å². The number of hydrogen-bond acceptors (Lipinski definition) is 1. The molecule has 1 saturated heterocycles. The molecule has 1 rings (SSSR count). The summed E-state index contributed by atoms with van der Waals surface area (Å²) >= 11 is 0. The van der Waals surface area contributed by atoms with E-state index in [2.05, 4.69) is 25.7 Å². The van der Waals surface area contributed by atoms with Gasteiger partial charge in [0.25, 0.3) is 0 Å². The van der Waals surface area contributed by atoms with Gasteiger partial charge in [0.05, 0.1) is 0 Å². The summed E-state index contributed by atoms with van der Waals surface area (Å²) in [6.45, 7) is 13.6. The first-order valence-electron chi connectivity index (χ1n) is 5.98. The van der Waals surface area contributed by atoms with Gasteiger partial charge in [-0.15, -0.1) is 0 Å². The highest BCUT2D eigenvalue weighted by atomic mass is 15.2. The molecule has 0 spiro atoms. The van der Waals surface area contributed by atoms with E-state index in [0.717, 1.165) is 12.0 Å². The van der Waals surface area contributed by atoms with Crippen LogP contribution < -0.4 is 0 Å². The first-order chi connectivity index (χ1) is 6.24. The van der Waals surface area contributed by atoms with Crippen molar-refractivity contribution in [2.75, 3.05) is 13.1 Å². The van der Waals surface area contributed by atoms with Crippen LogP contribution in [0.25, 0.3) is 0 Å². The largest absolute Gasteiger partial charge is 0.300 e. The van der Waals surface area contributed by atoms with Crippen LogP contribution in [0.15, 0.2) is 0 Å². The normalized spacial score (nSPS) is 23.1. The van der Waals surface area contributed by atoms with Crippen molar-refractivity contribution >= 4 is 0 Å². The standard InChI is InChI=1S/C10H21N.C2H6/c1-4-10-6-5-7-11(10)8-9(2)3;1-2/h9-10H,4-8H2,1-3H3;1-2H3. The molecule has 1 aliphatic heterocycles. The second-order valence-corrected chi connectivity index (χ2v) is 4.09. The summed E-state index contributed by atoms with van der Waals surface area (Å²) in [6.07, 6.45) is 4.20.